The molecule has 0 radical (unpaired) electrons. The van der Waals surface area contributed by atoms with E-state index in [0.717, 1.165) is 45.3 Å². The number of hydrogen-bond donors (Lipinski definition) is 2. The van der Waals surface area contributed by atoms with E-state index in [1.165, 1.54) is 22.7 Å². The number of halogens is 1. The van der Waals surface area contributed by atoms with Crippen molar-refractivity contribution in [3.8, 4) is 0 Å². The summed E-state index contributed by atoms with van der Waals surface area (Å²) in [6, 6.07) is 3.94. The first-order chi connectivity index (χ1) is 12.1. The van der Waals surface area contributed by atoms with E-state index in [-0.39, 0.29) is 18.3 Å². The molecular formula is C16H20ClN5OS3. The van der Waals surface area contributed by atoms with Gasteiger partial charge in [-0.05, 0) is 30.7 Å². The zero-order chi connectivity index (χ0) is 17.8. The van der Waals surface area contributed by atoms with Gasteiger partial charge in [-0.15, -0.1) is 33.9 Å². The molecule has 0 aromatic carbocycles. The highest BCUT2D eigenvalue weighted by Crippen LogP contribution is 2.34. The molecule has 3 aromatic heterocycles. The Morgan fingerprint density at radius 1 is 1.27 bits per heavy atom. The molecule has 0 saturated carbocycles. The number of pyridine rings is 1. The van der Waals surface area contributed by atoms with Crippen LogP contribution in [0.5, 0.6) is 0 Å². The van der Waals surface area contributed by atoms with Crippen LogP contribution in [-0.4, -0.2) is 26.8 Å². The smallest absolute Gasteiger partial charge is 0.269 e. The van der Waals surface area contributed by atoms with Crippen molar-refractivity contribution in [2.45, 2.75) is 37.4 Å². The van der Waals surface area contributed by atoms with Gasteiger partial charge in [-0.1, -0.05) is 43.4 Å². The summed E-state index contributed by atoms with van der Waals surface area (Å²) in [5, 5.41) is 12.1. The summed E-state index contributed by atoms with van der Waals surface area (Å²) in [5.41, 5.74) is 7.68. The van der Waals surface area contributed by atoms with Crippen LogP contribution in [0.4, 0.5) is 10.8 Å². The van der Waals surface area contributed by atoms with Crippen LogP contribution in [0.15, 0.2) is 16.5 Å². The number of fused-ring (bicyclic) bond motifs is 1. The van der Waals surface area contributed by atoms with Crippen LogP contribution in [0, 0.1) is 0 Å². The number of nitrogens with one attached hydrogen (secondary N) is 1. The molecule has 0 aliphatic carbocycles. The number of nitrogens with zero attached hydrogens (tertiary/aromatic N) is 3. The summed E-state index contributed by atoms with van der Waals surface area (Å²) in [7, 11) is 0. The van der Waals surface area contributed by atoms with E-state index in [0.29, 0.717) is 15.7 Å². The molecule has 3 heterocycles. The predicted octanol–water partition coefficient (Wildman–Crippen LogP) is 4.86. The minimum absolute atomic E-state index is 0. The van der Waals surface area contributed by atoms with Gasteiger partial charge in [0.2, 0.25) is 5.13 Å². The lowest BCUT2D eigenvalue weighted by molar-refractivity contribution is 0.103. The summed E-state index contributed by atoms with van der Waals surface area (Å²) in [6.45, 7) is 4.20. The van der Waals surface area contributed by atoms with Crippen LogP contribution in [-0.2, 0) is 6.42 Å². The molecule has 0 aliphatic rings. The maximum absolute atomic E-state index is 12.6. The van der Waals surface area contributed by atoms with E-state index in [9.17, 15) is 4.79 Å². The molecule has 0 atom stereocenters. The summed E-state index contributed by atoms with van der Waals surface area (Å²) in [5.74, 6) is 0.650. The molecule has 0 saturated heterocycles. The van der Waals surface area contributed by atoms with Crippen LogP contribution in [0.2, 0.25) is 0 Å². The molecule has 0 fully saturated rings. The van der Waals surface area contributed by atoms with Gasteiger partial charge in [0.25, 0.3) is 5.91 Å². The Hall–Kier alpha value is -1.42. The average molecular weight is 430 g/mol. The van der Waals surface area contributed by atoms with Gasteiger partial charge >= 0.3 is 0 Å². The van der Waals surface area contributed by atoms with Gasteiger partial charge in [0.05, 0.1) is 5.69 Å². The molecule has 1 amide bonds. The van der Waals surface area contributed by atoms with E-state index in [1.54, 1.807) is 11.8 Å². The molecule has 0 spiro atoms. The monoisotopic (exact) mass is 429 g/mol. The fraction of sp³-hybridized carbons (Fsp3) is 0.375. The zero-order valence-corrected chi connectivity index (χ0v) is 17.7. The first-order valence-electron chi connectivity index (χ1n) is 8.07. The topological polar surface area (TPSA) is 93.8 Å². The second-order valence-corrected chi connectivity index (χ2v) is 8.85. The van der Waals surface area contributed by atoms with Gasteiger partial charge in [-0.2, -0.15) is 0 Å². The summed E-state index contributed by atoms with van der Waals surface area (Å²) >= 11 is 4.28. The largest absolute Gasteiger partial charge is 0.397 e. The normalized spacial score (nSPS) is 10.7. The summed E-state index contributed by atoms with van der Waals surface area (Å²) in [6.07, 6.45) is 3.16. The number of aryl methyl sites for hydroxylation is 1. The van der Waals surface area contributed by atoms with Gasteiger partial charge < -0.3 is 5.73 Å². The Morgan fingerprint density at radius 3 is 2.81 bits per heavy atom. The van der Waals surface area contributed by atoms with E-state index < -0.39 is 0 Å². The SMILES string of the molecule is CCCCc1ccc2c(N)c(C(=O)Nc3nnc(SCC)s3)sc2n1.Cl. The van der Waals surface area contributed by atoms with Crippen LogP contribution < -0.4 is 11.1 Å². The van der Waals surface area contributed by atoms with Gasteiger partial charge in [-0.25, -0.2) is 4.98 Å². The summed E-state index contributed by atoms with van der Waals surface area (Å²) < 4.78 is 0.837. The Kier molecular flexibility index (Phi) is 7.63. The quantitative estimate of drug-likeness (QED) is 0.411. The molecule has 0 unspecified atom stereocenters. The van der Waals surface area contributed by atoms with Crippen molar-refractivity contribution in [2.24, 2.45) is 0 Å². The predicted molar refractivity (Wildman–Crippen MR) is 114 cm³/mol. The molecule has 26 heavy (non-hydrogen) atoms. The third-order valence-corrected chi connectivity index (χ3v) is 6.51. The fourth-order valence-corrected chi connectivity index (χ4v) is 4.95. The van der Waals surface area contributed by atoms with Crippen LogP contribution in [0.3, 0.4) is 0 Å². The number of unbranched alkanes of at least 4 members (excludes halogenated alkanes) is 1. The number of aromatic nitrogens is 3. The van der Waals surface area contributed by atoms with E-state index in [4.69, 9.17) is 5.73 Å². The van der Waals surface area contributed by atoms with Crippen molar-refractivity contribution in [1.82, 2.24) is 15.2 Å². The Bertz CT molecular complexity index is 895. The molecule has 140 valence electrons. The number of nitrogen functional groups attached to an aromatic ring is 1. The first-order valence-corrected chi connectivity index (χ1v) is 10.7. The third-order valence-electron chi connectivity index (χ3n) is 3.54. The van der Waals surface area contributed by atoms with Crippen LogP contribution in [0.25, 0.3) is 10.2 Å². The van der Waals surface area contributed by atoms with Crippen molar-refractivity contribution >= 4 is 73.8 Å². The number of hydrogen-bond acceptors (Lipinski definition) is 8. The molecule has 10 heteroatoms. The second-order valence-electron chi connectivity index (χ2n) is 5.36. The minimum atomic E-state index is -0.264. The maximum atomic E-state index is 12.6. The van der Waals surface area contributed by atoms with Crippen molar-refractivity contribution in [1.29, 1.82) is 0 Å². The zero-order valence-electron chi connectivity index (χ0n) is 14.4. The van der Waals surface area contributed by atoms with Crippen molar-refractivity contribution in [2.75, 3.05) is 16.8 Å². The highest BCUT2D eigenvalue weighted by molar-refractivity contribution is 8.01. The molecule has 6 nitrogen and oxygen atoms in total. The molecular weight excluding hydrogens is 410 g/mol. The van der Waals surface area contributed by atoms with Gasteiger partial charge in [0, 0.05) is 11.1 Å². The molecule has 0 aliphatic heterocycles. The van der Waals surface area contributed by atoms with Crippen LogP contribution in [0.1, 0.15) is 42.1 Å². The number of rotatable bonds is 7. The Morgan fingerprint density at radius 2 is 2.08 bits per heavy atom. The lowest BCUT2D eigenvalue weighted by Crippen LogP contribution is -2.11. The molecule has 0 bridgehead atoms. The van der Waals surface area contributed by atoms with Crippen LogP contribution >= 0.6 is 46.8 Å². The maximum Gasteiger partial charge on any atom is 0.269 e. The number of amides is 1. The molecule has 3 N–H and O–H groups in total. The number of carbonyl (C=O) groups is 1. The van der Waals surface area contributed by atoms with Crippen molar-refractivity contribution in [3.63, 3.8) is 0 Å². The fourth-order valence-electron chi connectivity index (χ4n) is 2.30. The number of thiophene rings is 1. The number of thioether (sulfide) groups is 1. The van der Waals surface area contributed by atoms with E-state index in [2.05, 4.69) is 27.4 Å². The number of nitrogens with two attached hydrogens (primary N) is 1. The minimum Gasteiger partial charge on any atom is -0.397 e. The Balaban J connectivity index is 0.00000243. The highest BCUT2D eigenvalue weighted by atomic mass is 35.5. The lowest BCUT2D eigenvalue weighted by atomic mass is 10.1. The van der Waals surface area contributed by atoms with Gasteiger partial charge in [-0.3, -0.25) is 10.1 Å². The third kappa shape index (κ3) is 4.64. The van der Waals surface area contributed by atoms with Crippen molar-refractivity contribution < 1.29 is 4.79 Å². The molecule has 3 rings (SSSR count). The number of carbonyl (C=O) groups excluding carboxylic acids is 1. The van der Waals surface area contributed by atoms with E-state index >= 15 is 0 Å². The lowest BCUT2D eigenvalue weighted by Gasteiger charge is -1.99. The standard InChI is InChI=1S/C16H19N5OS3.ClH/c1-3-5-6-9-7-8-10-11(17)12(24-14(10)18-9)13(22)19-15-20-21-16(25-15)23-4-2;/h7-8H,3-6,17H2,1-2H3,(H,19,20,22);1H. The molecule has 3 aromatic rings. The summed E-state index contributed by atoms with van der Waals surface area (Å²) in [4.78, 5) is 18.5. The van der Waals surface area contributed by atoms with E-state index in [1.807, 2.05) is 19.1 Å². The second kappa shape index (κ2) is 9.50. The van der Waals surface area contributed by atoms with Gasteiger partial charge in [0.1, 0.15) is 9.71 Å². The van der Waals surface area contributed by atoms with Gasteiger partial charge in [0.15, 0.2) is 4.34 Å². The average Bonchev–Trinajstić information content (AvgIpc) is 3.17. The van der Waals surface area contributed by atoms with Crippen molar-refractivity contribution in [3.05, 3.63) is 22.7 Å². The Labute approximate surface area is 170 Å². The first kappa shape index (κ1) is 20.9. The number of anilines is 2. The highest BCUT2D eigenvalue weighted by Gasteiger charge is 2.19.